The predicted octanol–water partition coefficient (Wildman–Crippen LogP) is 4.82. The van der Waals surface area contributed by atoms with Crippen molar-refractivity contribution in [3.05, 3.63) is 77.9 Å². The number of hydrogen-bond acceptors (Lipinski definition) is 8. The molecule has 0 saturated carbocycles. The third-order valence-electron chi connectivity index (χ3n) is 6.99. The Bertz CT molecular complexity index is 1960. The van der Waals surface area contributed by atoms with E-state index in [0.717, 1.165) is 33.7 Å². The largest absolute Gasteiger partial charge is 0.444 e. The number of fused-ring (bicyclic) bond motifs is 1. The fourth-order valence-corrected chi connectivity index (χ4v) is 4.59. The van der Waals surface area contributed by atoms with E-state index >= 15 is 0 Å². The highest BCUT2D eigenvalue weighted by atomic mass is 16.6. The lowest BCUT2D eigenvalue weighted by atomic mass is 10.1. The molecule has 0 aliphatic heterocycles. The van der Waals surface area contributed by atoms with Crippen molar-refractivity contribution in [1.82, 2.24) is 39.2 Å². The van der Waals surface area contributed by atoms with Gasteiger partial charge in [-0.2, -0.15) is 5.10 Å². The van der Waals surface area contributed by atoms with E-state index in [1.54, 1.807) is 44.8 Å². The summed E-state index contributed by atoms with van der Waals surface area (Å²) < 4.78 is 9.09. The van der Waals surface area contributed by atoms with Gasteiger partial charge >= 0.3 is 6.09 Å². The van der Waals surface area contributed by atoms with Gasteiger partial charge in [-0.25, -0.2) is 24.7 Å². The number of nitrogens with one attached hydrogen (secondary N) is 1. The molecule has 12 nitrogen and oxygen atoms in total. The highest BCUT2D eigenvalue weighted by molar-refractivity contribution is 5.97. The van der Waals surface area contributed by atoms with Gasteiger partial charge in [0.1, 0.15) is 40.5 Å². The average Bonchev–Trinajstić information content (AvgIpc) is 3.56. The summed E-state index contributed by atoms with van der Waals surface area (Å²) in [5.41, 5.74) is 5.91. The summed E-state index contributed by atoms with van der Waals surface area (Å²) in [6.07, 6.45) is 4.59. The fraction of sp³-hybridized carbons (Fsp3) is 0.303. The minimum Gasteiger partial charge on any atom is -0.444 e. The van der Waals surface area contributed by atoms with Gasteiger partial charge in [0, 0.05) is 37.1 Å². The molecule has 0 aliphatic carbocycles. The fourth-order valence-electron chi connectivity index (χ4n) is 4.59. The second-order valence-electron chi connectivity index (χ2n) is 11.7. The van der Waals surface area contributed by atoms with Crippen molar-refractivity contribution in [2.75, 3.05) is 12.4 Å². The average molecular weight is 606 g/mol. The Morgan fingerprint density at radius 2 is 1.78 bits per heavy atom. The van der Waals surface area contributed by atoms with Gasteiger partial charge in [-0.3, -0.25) is 14.4 Å². The number of hydrogen-bond donors (Lipinski definition) is 1. The van der Waals surface area contributed by atoms with Crippen LogP contribution in [0.15, 0.2) is 55.2 Å². The van der Waals surface area contributed by atoms with Crippen molar-refractivity contribution in [1.29, 1.82) is 0 Å². The van der Waals surface area contributed by atoms with E-state index in [4.69, 9.17) is 4.74 Å². The first-order valence-corrected chi connectivity index (χ1v) is 14.4. The van der Waals surface area contributed by atoms with Gasteiger partial charge in [0.15, 0.2) is 0 Å². The maximum Gasteiger partial charge on any atom is 0.410 e. The zero-order valence-electron chi connectivity index (χ0n) is 26.6. The summed E-state index contributed by atoms with van der Waals surface area (Å²) in [6.45, 7) is 10.7. The molecule has 0 fully saturated rings. The molecule has 1 atom stereocenters. The van der Waals surface area contributed by atoms with Gasteiger partial charge < -0.3 is 14.6 Å². The predicted molar refractivity (Wildman–Crippen MR) is 171 cm³/mol. The van der Waals surface area contributed by atoms with Crippen molar-refractivity contribution in [2.45, 2.75) is 53.2 Å². The van der Waals surface area contributed by atoms with Crippen molar-refractivity contribution in [3.8, 4) is 28.8 Å². The zero-order valence-corrected chi connectivity index (χ0v) is 26.6. The molecule has 1 N–H and O–H groups in total. The standard InChI is InChI=1S/C33H35N9O3/c1-20-17-42(19-36-20)26-13-10-23(11-14-26)9-12-25-15-24(29-30-28(34-18-35-29)21(2)39-41(30)8)16-27(37-25)38-31(43)22(3)40(7)32(44)45-33(4,5)6/h10-11,13-19,22H,1-8H3,(H,37,38,43). The Kier molecular flexibility index (Phi) is 8.37. The number of rotatable bonds is 5. The topological polar surface area (TPSA) is 133 Å². The van der Waals surface area contributed by atoms with Crippen LogP contribution in [0.2, 0.25) is 0 Å². The van der Waals surface area contributed by atoms with Crippen molar-refractivity contribution in [2.24, 2.45) is 7.05 Å². The lowest BCUT2D eigenvalue weighted by molar-refractivity contribution is -0.120. The molecule has 5 aromatic rings. The number of aromatic nitrogens is 7. The van der Waals surface area contributed by atoms with E-state index in [2.05, 4.69) is 42.2 Å². The van der Waals surface area contributed by atoms with Crippen LogP contribution in [-0.2, 0) is 16.6 Å². The molecule has 2 amide bonds. The quantitative estimate of drug-likeness (QED) is 0.282. The number of likely N-dealkylation sites (N-methyl/N-ethyl adjacent to an activating group) is 1. The lowest BCUT2D eigenvalue weighted by Gasteiger charge is -2.28. The smallest absolute Gasteiger partial charge is 0.410 e. The molecule has 0 saturated heterocycles. The number of aryl methyl sites for hydroxylation is 3. The van der Waals surface area contributed by atoms with Crippen LogP contribution in [0.1, 0.15) is 50.3 Å². The Morgan fingerprint density at radius 3 is 2.44 bits per heavy atom. The molecule has 1 aromatic carbocycles. The Labute approximate surface area is 261 Å². The highest BCUT2D eigenvalue weighted by Crippen LogP contribution is 2.28. The van der Waals surface area contributed by atoms with E-state index in [1.165, 1.54) is 18.3 Å². The lowest BCUT2D eigenvalue weighted by Crippen LogP contribution is -2.45. The van der Waals surface area contributed by atoms with Gasteiger partial charge in [0.25, 0.3) is 0 Å². The van der Waals surface area contributed by atoms with Crippen molar-refractivity contribution >= 4 is 28.9 Å². The Morgan fingerprint density at radius 1 is 1.04 bits per heavy atom. The molecule has 0 bridgehead atoms. The molecule has 1 unspecified atom stereocenters. The van der Waals surface area contributed by atoms with E-state index in [1.807, 2.05) is 62.0 Å². The van der Waals surface area contributed by atoms with Gasteiger partial charge in [-0.15, -0.1) is 0 Å². The number of ether oxygens (including phenoxy) is 1. The zero-order chi connectivity index (χ0) is 32.5. The molecule has 0 aliphatic rings. The number of nitrogens with zero attached hydrogens (tertiary/aromatic N) is 8. The molecule has 0 spiro atoms. The maximum absolute atomic E-state index is 13.3. The van der Waals surface area contributed by atoms with Crippen LogP contribution in [0.5, 0.6) is 0 Å². The van der Waals surface area contributed by atoms with Crippen LogP contribution in [-0.4, -0.2) is 69.9 Å². The molecule has 0 radical (unpaired) electrons. The van der Waals surface area contributed by atoms with Crippen LogP contribution in [0.3, 0.4) is 0 Å². The van der Waals surface area contributed by atoms with Crippen LogP contribution in [0, 0.1) is 25.7 Å². The Balaban J connectivity index is 1.49. The minimum absolute atomic E-state index is 0.253. The summed E-state index contributed by atoms with van der Waals surface area (Å²) in [5.74, 6) is 6.10. The number of imidazole rings is 1. The molecule has 230 valence electrons. The summed E-state index contributed by atoms with van der Waals surface area (Å²) in [4.78, 5) is 45.0. The molecular weight excluding hydrogens is 570 g/mol. The summed E-state index contributed by atoms with van der Waals surface area (Å²) in [5, 5.41) is 7.35. The van der Waals surface area contributed by atoms with Gasteiger partial charge in [0.05, 0.1) is 23.4 Å². The number of benzene rings is 1. The second kappa shape index (κ2) is 12.2. The number of carbonyl (C=O) groups excluding carboxylic acids is 2. The molecule has 4 heterocycles. The van der Waals surface area contributed by atoms with Gasteiger partial charge in [0.2, 0.25) is 5.91 Å². The minimum atomic E-state index is -0.844. The van der Waals surface area contributed by atoms with E-state index in [9.17, 15) is 9.59 Å². The first-order valence-electron chi connectivity index (χ1n) is 14.4. The molecule has 4 aromatic heterocycles. The first-order chi connectivity index (χ1) is 21.3. The maximum atomic E-state index is 13.3. The van der Waals surface area contributed by atoms with Crippen molar-refractivity contribution in [3.63, 3.8) is 0 Å². The van der Waals surface area contributed by atoms with E-state index in [0.29, 0.717) is 17.0 Å². The molecule has 5 rings (SSSR count). The number of anilines is 1. The number of amides is 2. The second-order valence-corrected chi connectivity index (χ2v) is 11.7. The Hall–Kier alpha value is -5.57. The van der Waals surface area contributed by atoms with E-state index < -0.39 is 23.6 Å². The summed E-state index contributed by atoms with van der Waals surface area (Å²) in [7, 11) is 3.34. The monoisotopic (exact) mass is 605 g/mol. The van der Waals surface area contributed by atoms with Crippen LogP contribution < -0.4 is 5.32 Å². The molecular formula is C33H35N9O3. The van der Waals surface area contributed by atoms with Crippen LogP contribution >= 0.6 is 0 Å². The molecule has 12 heteroatoms. The SMILES string of the molecule is Cc1cn(-c2ccc(C#Cc3cc(-c4ncnc5c(C)nn(C)c45)cc(NC(=O)C(C)N(C)C(=O)OC(C)(C)C)n3)cc2)cn1. The number of carbonyl (C=O) groups is 2. The van der Waals surface area contributed by atoms with Crippen LogP contribution in [0.25, 0.3) is 28.0 Å². The normalized spacial score (nSPS) is 11.9. The van der Waals surface area contributed by atoms with Crippen molar-refractivity contribution < 1.29 is 14.3 Å². The number of pyridine rings is 1. The molecule has 45 heavy (non-hydrogen) atoms. The summed E-state index contributed by atoms with van der Waals surface area (Å²) in [6, 6.07) is 10.5. The van der Waals surface area contributed by atoms with Crippen LogP contribution in [0.4, 0.5) is 10.6 Å². The first kappa shape index (κ1) is 30.9. The third-order valence-corrected chi connectivity index (χ3v) is 6.99. The van der Waals surface area contributed by atoms with E-state index in [-0.39, 0.29) is 5.82 Å². The highest BCUT2D eigenvalue weighted by Gasteiger charge is 2.27. The van der Waals surface area contributed by atoms with Gasteiger partial charge in [-0.1, -0.05) is 5.92 Å². The third kappa shape index (κ3) is 6.99. The van der Waals surface area contributed by atoms with Gasteiger partial charge in [-0.05, 0) is 83.9 Å². The summed E-state index contributed by atoms with van der Waals surface area (Å²) >= 11 is 0.